The smallest absolute Gasteiger partial charge is 0.293 e. The van der Waals surface area contributed by atoms with Crippen molar-refractivity contribution >= 4 is 15.7 Å². The van der Waals surface area contributed by atoms with E-state index >= 15 is 0 Å². The predicted molar refractivity (Wildman–Crippen MR) is 81.5 cm³/mol. The fraction of sp³-hybridized carbons (Fsp3) is 0.571. The Kier molecular flexibility index (Phi) is 5.02. The standard InChI is InChI=1S/C14H20N2O5S/c1-3-11-6-4-5-9-15(11)22(19,20)14-8-7-12(21-2)10-13(14)16(17)18/h7-8,10-11H,3-6,9H2,1-2H3. The number of hydrogen-bond acceptors (Lipinski definition) is 5. The summed E-state index contributed by atoms with van der Waals surface area (Å²) in [6.45, 7) is 2.34. The molecule has 1 atom stereocenters. The van der Waals surface area contributed by atoms with E-state index in [0.29, 0.717) is 13.0 Å². The molecule has 22 heavy (non-hydrogen) atoms. The normalized spacial score (nSPS) is 19.8. The maximum Gasteiger partial charge on any atom is 0.293 e. The molecular weight excluding hydrogens is 308 g/mol. The van der Waals surface area contributed by atoms with E-state index in [4.69, 9.17) is 4.74 Å². The largest absolute Gasteiger partial charge is 0.497 e. The van der Waals surface area contributed by atoms with E-state index in [1.165, 1.54) is 23.5 Å². The summed E-state index contributed by atoms with van der Waals surface area (Å²) in [6.07, 6.45) is 3.25. The van der Waals surface area contributed by atoms with Gasteiger partial charge in [-0.15, -0.1) is 0 Å². The summed E-state index contributed by atoms with van der Waals surface area (Å²) in [7, 11) is -2.51. The van der Waals surface area contributed by atoms with E-state index in [9.17, 15) is 18.5 Å². The summed E-state index contributed by atoms with van der Waals surface area (Å²) in [5.74, 6) is 0.260. The van der Waals surface area contributed by atoms with Crippen molar-refractivity contribution in [1.29, 1.82) is 0 Å². The van der Waals surface area contributed by atoms with Crippen LogP contribution in [0.25, 0.3) is 0 Å². The fourth-order valence-electron chi connectivity index (χ4n) is 2.81. The van der Waals surface area contributed by atoms with Crippen molar-refractivity contribution in [2.24, 2.45) is 0 Å². The summed E-state index contributed by atoms with van der Waals surface area (Å²) in [4.78, 5) is 10.3. The number of ether oxygens (including phenoxy) is 1. The lowest BCUT2D eigenvalue weighted by atomic mass is 10.0. The highest BCUT2D eigenvalue weighted by Gasteiger charge is 2.36. The topological polar surface area (TPSA) is 89.8 Å². The second-order valence-electron chi connectivity index (χ2n) is 5.26. The summed E-state index contributed by atoms with van der Waals surface area (Å²) in [5.41, 5.74) is -0.445. The highest BCUT2D eigenvalue weighted by atomic mass is 32.2. The molecule has 0 radical (unpaired) electrons. The lowest BCUT2D eigenvalue weighted by Gasteiger charge is -2.33. The van der Waals surface area contributed by atoms with Gasteiger partial charge in [-0.2, -0.15) is 4.31 Å². The van der Waals surface area contributed by atoms with Crippen molar-refractivity contribution in [3.8, 4) is 5.75 Å². The molecule has 1 aromatic carbocycles. The zero-order valence-electron chi connectivity index (χ0n) is 12.7. The highest BCUT2D eigenvalue weighted by Crippen LogP contribution is 2.33. The van der Waals surface area contributed by atoms with Gasteiger partial charge in [-0.25, -0.2) is 8.42 Å². The van der Waals surface area contributed by atoms with Crippen LogP contribution in [0.4, 0.5) is 5.69 Å². The summed E-state index contributed by atoms with van der Waals surface area (Å²) < 4.78 is 32.1. The van der Waals surface area contributed by atoms with E-state index < -0.39 is 20.6 Å². The van der Waals surface area contributed by atoms with Crippen molar-refractivity contribution in [3.05, 3.63) is 28.3 Å². The van der Waals surface area contributed by atoms with Crippen molar-refractivity contribution in [1.82, 2.24) is 4.31 Å². The molecule has 8 heteroatoms. The third-order valence-corrected chi connectivity index (χ3v) is 5.99. The molecule has 1 aliphatic rings. The van der Waals surface area contributed by atoms with Crippen LogP contribution in [0, 0.1) is 10.1 Å². The SMILES string of the molecule is CCC1CCCCN1S(=O)(=O)c1ccc(OC)cc1[N+](=O)[O-]. The Bertz CT molecular complexity index is 659. The van der Waals surface area contributed by atoms with Crippen molar-refractivity contribution in [2.75, 3.05) is 13.7 Å². The molecule has 7 nitrogen and oxygen atoms in total. The maximum absolute atomic E-state index is 12.9. The third-order valence-electron chi connectivity index (χ3n) is 3.99. The Balaban J connectivity index is 2.51. The van der Waals surface area contributed by atoms with E-state index in [-0.39, 0.29) is 16.7 Å². The monoisotopic (exact) mass is 328 g/mol. The lowest BCUT2D eigenvalue weighted by molar-refractivity contribution is -0.387. The molecule has 1 unspecified atom stereocenters. The van der Waals surface area contributed by atoms with Crippen molar-refractivity contribution in [3.63, 3.8) is 0 Å². The lowest BCUT2D eigenvalue weighted by Crippen LogP contribution is -2.43. The molecule has 0 bridgehead atoms. The molecular formula is C14H20N2O5S. The Morgan fingerprint density at radius 2 is 2.14 bits per heavy atom. The zero-order chi connectivity index (χ0) is 16.3. The minimum atomic E-state index is -3.89. The summed E-state index contributed by atoms with van der Waals surface area (Å²) in [5, 5.41) is 11.2. The van der Waals surface area contributed by atoms with Crippen LogP contribution in [0.1, 0.15) is 32.6 Å². The average Bonchev–Trinajstić information content (AvgIpc) is 2.54. The molecule has 0 aliphatic carbocycles. The van der Waals surface area contributed by atoms with Crippen LogP contribution in [0.2, 0.25) is 0 Å². The molecule has 0 spiro atoms. The van der Waals surface area contributed by atoms with Gasteiger partial charge in [0.2, 0.25) is 10.0 Å². The first-order chi connectivity index (χ1) is 10.4. The van der Waals surface area contributed by atoms with Crippen LogP contribution in [-0.4, -0.2) is 37.3 Å². The minimum Gasteiger partial charge on any atom is -0.497 e. The summed E-state index contributed by atoms with van der Waals surface area (Å²) >= 11 is 0. The van der Waals surface area contributed by atoms with E-state index in [0.717, 1.165) is 25.3 Å². The molecule has 1 aliphatic heterocycles. The number of sulfonamides is 1. The first kappa shape index (κ1) is 16.7. The van der Waals surface area contributed by atoms with Gasteiger partial charge in [-0.1, -0.05) is 13.3 Å². The van der Waals surface area contributed by atoms with Gasteiger partial charge < -0.3 is 4.74 Å². The first-order valence-electron chi connectivity index (χ1n) is 7.26. The molecule has 1 saturated heterocycles. The van der Waals surface area contributed by atoms with E-state index in [1.807, 2.05) is 6.92 Å². The molecule has 0 N–H and O–H groups in total. The fourth-order valence-corrected chi connectivity index (χ4v) is 4.72. The number of nitro benzene ring substituents is 1. The zero-order valence-corrected chi connectivity index (χ0v) is 13.5. The number of hydrogen-bond donors (Lipinski definition) is 0. The van der Waals surface area contributed by atoms with Crippen LogP contribution in [0.15, 0.2) is 23.1 Å². The quantitative estimate of drug-likeness (QED) is 0.612. The third kappa shape index (κ3) is 3.07. The minimum absolute atomic E-state index is 0.0968. The van der Waals surface area contributed by atoms with Gasteiger partial charge in [0.15, 0.2) is 4.90 Å². The van der Waals surface area contributed by atoms with E-state index in [1.54, 1.807) is 0 Å². The van der Waals surface area contributed by atoms with Gasteiger partial charge >= 0.3 is 0 Å². The predicted octanol–water partition coefficient (Wildman–Crippen LogP) is 2.56. The molecule has 0 saturated carbocycles. The van der Waals surface area contributed by atoms with Gasteiger partial charge in [0.05, 0.1) is 18.1 Å². The second kappa shape index (κ2) is 6.62. The van der Waals surface area contributed by atoms with Crippen LogP contribution in [0.3, 0.4) is 0 Å². The number of nitrogens with zero attached hydrogens (tertiary/aromatic N) is 2. The highest BCUT2D eigenvalue weighted by molar-refractivity contribution is 7.89. The summed E-state index contributed by atoms with van der Waals surface area (Å²) in [6, 6.07) is 3.75. The molecule has 1 aromatic rings. The number of benzene rings is 1. The van der Waals surface area contributed by atoms with E-state index in [2.05, 4.69) is 0 Å². The molecule has 1 heterocycles. The second-order valence-corrected chi connectivity index (χ2v) is 7.12. The molecule has 0 aromatic heterocycles. The molecule has 0 amide bonds. The average molecular weight is 328 g/mol. The van der Waals surface area contributed by atoms with Crippen molar-refractivity contribution < 1.29 is 18.1 Å². The van der Waals surface area contributed by atoms with Crippen LogP contribution in [-0.2, 0) is 10.0 Å². The molecule has 122 valence electrons. The number of methoxy groups -OCH3 is 1. The Hall–Kier alpha value is -1.67. The first-order valence-corrected chi connectivity index (χ1v) is 8.70. The van der Waals surface area contributed by atoms with Crippen LogP contribution in [0.5, 0.6) is 5.75 Å². The Labute approximate surface area is 130 Å². The molecule has 2 rings (SSSR count). The molecule has 1 fully saturated rings. The Morgan fingerprint density at radius 1 is 1.41 bits per heavy atom. The van der Waals surface area contributed by atoms with Gasteiger partial charge in [0.25, 0.3) is 5.69 Å². The van der Waals surface area contributed by atoms with Crippen LogP contribution < -0.4 is 4.74 Å². The van der Waals surface area contributed by atoms with Gasteiger partial charge in [-0.05, 0) is 31.4 Å². The van der Waals surface area contributed by atoms with Gasteiger partial charge in [0.1, 0.15) is 5.75 Å². The van der Waals surface area contributed by atoms with Crippen molar-refractivity contribution in [2.45, 2.75) is 43.5 Å². The van der Waals surface area contributed by atoms with Gasteiger partial charge in [0, 0.05) is 12.6 Å². The Morgan fingerprint density at radius 3 is 2.73 bits per heavy atom. The van der Waals surface area contributed by atoms with Crippen LogP contribution >= 0.6 is 0 Å². The van der Waals surface area contributed by atoms with Gasteiger partial charge in [-0.3, -0.25) is 10.1 Å². The maximum atomic E-state index is 12.9. The number of piperidine rings is 1. The number of rotatable bonds is 5. The number of nitro groups is 1.